The first kappa shape index (κ1) is 12.4. The fourth-order valence-corrected chi connectivity index (χ4v) is 1.87. The van der Waals surface area contributed by atoms with Gasteiger partial charge < -0.3 is 0 Å². The zero-order valence-corrected chi connectivity index (χ0v) is 10.3. The average molecular weight is 244 g/mol. The van der Waals surface area contributed by atoms with E-state index in [-0.39, 0.29) is 5.78 Å². The van der Waals surface area contributed by atoms with Crippen LogP contribution in [0.5, 0.6) is 0 Å². The number of hydrogen-bond acceptors (Lipinski definition) is 3. The lowest BCUT2D eigenvalue weighted by Crippen LogP contribution is -1.99. The van der Waals surface area contributed by atoms with E-state index >= 15 is 0 Å². The van der Waals surface area contributed by atoms with Crippen LogP contribution in [0.1, 0.15) is 18.1 Å². The summed E-state index contributed by atoms with van der Waals surface area (Å²) < 4.78 is 13.1. The third kappa shape index (κ3) is 2.77. The summed E-state index contributed by atoms with van der Waals surface area (Å²) in [6.45, 7) is 3.44. The van der Waals surface area contributed by atoms with Gasteiger partial charge in [-0.3, -0.25) is 9.78 Å². The van der Waals surface area contributed by atoms with E-state index in [4.69, 9.17) is 0 Å². The van der Waals surface area contributed by atoms with E-state index in [1.54, 1.807) is 19.2 Å². The van der Waals surface area contributed by atoms with Crippen molar-refractivity contribution >= 4 is 5.78 Å². The number of halogens is 1. The highest BCUT2D eigenvalue weighted by molar-refractivity contribution is 5.78. The number of aryl methyl sites for hydroxylation is 1. The Balaban J connectivity index is 2.38. The summed E-state index contributed by atoms with van der Waals surface area (Å²) in [6, 6.07) is 4.96. The van der Waals surface area contributed by atoms with Crippen molar-refractivity contribution in [3.63, 3.8) is 0 Å². The van der Waals surface area contributed by atoms with Crippen molar-refractivity contribution < 1.29 is 9.18 Å². The second-order valence-corrected chi connectivity index (χ2v) is 4.26. The van der Waals surface area contributed by atoms with Crippen LogP contribution in [0.3, 0.4) is 0 Å². The number of aromatic nitrogens is 2. The van der Waals surface area contributed by atoms with Crippen molar-refractivity contribution in [1.29, 1.82) is 0 Å². The number of nitrogens with zero attached hydrogens (tertiary/aromatic N) is 2. The summed E-state index contributed by atoms with van der Waals surface area (Å²) in [5, 5.41) is 0. The van der Waals surface area contributed by atoms with Gasteiger partial charge in [-0.2, -0.15) is 4.39 Å². The standard InChI is InChI=1S/C14H13FN2O/c1-9-5-11(6-10(2)18)8-17-14(9)12-3-4-16-13(15)7-12/h3-5,7-8H,6H2,1-2H3. The lowest BCUT2D eigenvalue weighted by Gasteiger charge is -2.07. The average Bonchev–Trinajstić information content (AvgIpc) is 2.28. The van der Waals surface area contributed by atoms with Gasteiger partial charge in [0.1, 0.15) is 5.78 Å². The van der Waals surface area contributed by atoms with Crippen LogP contribution in [0.2, 0.25) is 0 Å². The lowest BCUT2D eigenvalue weighted by atomic mass is 10.0. The van der Waals surface area contributed by atoms with E-state index in [9.17, 15) is 9.18 Å². The molecule has 0 aliphatic carbocycles. The van der Waals surface area contributed by atoms with Crippen molar-refractivity contribution in [3.05, 3.63) is 47.7 Å². The molecule has 0 N–H and O–H groups in total. The van der Waals surface area contributed by atoms with Crippen LogP contribution in [0.4, 0.5) is 4.39 Å². The normalized spacial score (nSPS) is 10.4. The number of carbonyl (C=O) groups excluding carboxylic acids is 1. The Kier molecular flexibility index (Phi) is 3.46. The van der Waals surface area contributed by atoms with E-state index in [2.05, 4.69) is 9.97 Å². The minimum atomic E-state index is -0.526. The maximum atomic E-state index is 13.1. The van der Waals surface area contributed by atoms with E-state index in [0.29, 0.717) is 17.7 Å². The first-order chi connectivity index (χ1) is 8.56. The van der Waals surface area contributed by atoms with Gasteiger partial charge in [0.05, 0.1) is 5.69 Å². The molecule has 4 heteroatoms. The first-order valence-corrected chi connectivity index (χ1v) is 5.63. The van der Waals surface area contributed by atoms with Crippen molar-refractivity contribution in [2.75, 3.05) is 0 Å². The number of Topliss-reactive ketones (excluding diaryl/α,β-unsaturated/α-hetero) is 1. The Morgan fingerprint density at radius 3 is 2.72 bits per heavy atom. The Hall–Kier alpha value is -2.10. The second kappa shape index (κ2) is 5.04. The molecule has 2 heterocycles. The summed E-state index contributed by atoms with van der Waals surface area (Å²) in [4.78, 5) is 18.8. The lowest BCUT2D eigenvalue weighted by molar-refractivity contribution is -0.116. The smallest absolute Gasteiger partial charge is 0.213 e. The molecule has 0 fully saturated rings. The van der Waals surface area contributed by atoms with Crippen LogP contribution in [0.15, 0.2) is 30.6 Å². The Labute approximate surface area is 105 Å². The molecule has 0 amide bonds. The highest BCUT2D eigenvalue weighted by atomic mass is 19.1. The highest BCUT2D eigenvalue weighted by Gasteiger charge is 2.07. The molecular formula is C14H13FN2O. The Morgan fingerprint density at radius 1 is 1.33 bits per heavy atom. The predicted molar refractivity (Wildman–Crippen MR) is 66.5 cm³/mol. The predicted octanol–water partition coefficient (Wildman–Crippen LogP) is 2.72. The van der Waals surface area contributed by atoms with Crippen LogP contribution >= 0.6 is 0 Å². The van der Waals surface area contributed by atoms with Crippen molar-refractivity contribution in [3.8, 4) is 11.3 Å². The minimum absolute atomic E-state index is 0.0962. The van der Waals surface area contributed by atoms with Crippen LogP contribution < -0.4 is 0 Å². The summed E-state index contributed by atoms with van der Waals surface area (Å²) in [6.07, 6.45) is 3.44. The van der Waals surface area contributed by atoms with E-state index < -0.39 is 5.95 Å². The van der Waals surface area contributed by atoms with Gasteiger partial charge in [-0.25, -0.2) is 4.98 Å². The third-order valence-corrected chi connectivity index (χ3v) is 2.59. The largest absolute Gasteiger partial charge is 0.300 e. The summed E-state index contributed by atoms with van der Waals surface area (Å²) in [5.74, 6) is -0.430. The number of hydrogen-bond donors (Lipinski definition) is 0. The zero-order valence-electron chi connectivity index (χ0n) is 10.3. The van der Waals surface area contributed by atoms with Gasteiger partial charge in [0, 0.05) is 30.4 Å². The molecule has 18 heavy (non-hydrogen) atoms. The van der Waals surface area contributed by atoms with Crippen LogP contribution in [-0.2, 0) is 11.2 Å². The molecule has 0 aromatic carbocycles. The maximum Gasteiger partial charge on any atom is 0.213 e. The number of ketones is 1. The molecule has 0 unspecified atom stereocenters. The van der Waals surface area contributed by atoms with Gasteiger partial charge in [-0.1, -0.05) is 6.07 Å². The van der Waals surface area contributed by atoms with E-state index in [1.807, 2.05) is 13.0 Å². The second-order valence-electron chi connectivity index (χ2n) is 4.26. The molecule has 2 rings (SSSR count). The molecule has 0 spiro atoms. The minimum Gasteiger partial charge on any atom is -0.300 e. The molecule has 0 aliphatic rings. The fraction of sp³-hybridized carbons (Fsp3) is 0.214. The molecule has 92 valence electrons. The number of rotatable bonds is 3. The van der Waals surface area contributed by atoms with Gasteiger partial charge in [0.15, 0.2) is 0 Å². The molecule has 2 aromatic heterocycles. The van der Waals surface area contributed by atoms with Gasteiger partial charge in [0.25, 0.3) is 0 Å². The molecule has 0 atom stereocenters. The van der Waals surface area contributed by atoms with Crippen LogP contribution in [0.25, 0.3) is 11.3 Å². The Bertz CT molecular complexity index is 596. The number of pyridine rings is 2. The van der Waals surface area contributed by atoms with E-state index in [1.165, 1.54) is 12.3 Å². The fourth-order valence-electron chi connectivity index (χ4n) is 1.87. The van der Waals surface area contributed by atoms with Crippen molar-refractivity contribution in [1.82, 2.24) is 9.97 Å². The summed E-state index contributed by atoms with van der Waals surface area (Å²) in [7, 11) is 0. The molecule has 0 aliphatic heterocycles. The topological polar surface area (TPSA) is 42.9 Å². The van der Waals surface area contributed by atoms with Crippen molar-refractivity contribution in [2.45, 2.75) is 20.3 Å². The highest BCUT2D eigenvalue weighted by Crippen LogP contribution is 2.21. The summed E-state index contributed by atoms with van der Waals surface area (Å²) >= 11 is 0. The van der Waals surface area contributed by atoms with Crippen LogP contribution in [-0.4, -0.2) is 15.8 Å². The first-order valence-electron chi connectivity index (χ1n) is 5.63. The van der Waals surface area contributed by atoms with E-state index in [0.717, 1.165) is 11.1 Å². The molecule has 0 saturated carbocycles. The maximum absolute atomic E-state index is 13.1. The van der Waals surface area contributed by atoms with Gasteiger partial charge in [0.2, 0.25) is 5.95 Å². The third-order valence-electron chi connectivity index (χ3n) is 2.59. The summed E-state index contributed by atoms with van der Waals surface area (Å²) in [5.41, 5.74) is 3.19. The van der Waals surface area contributed by atoms with Gasteiger partial charge in [-0.05, 0) is 31.0 Å². The quantitative estimate of drug-likeness (QED) is 0.780. The molecule has 0 saturated heterocycles. The molecular weight excluding hydrogens is 231 g/mol. The molecule has 0 bridgehead atoms. The monoisotopic (exact) mass is 244 g/mol. The molecule has 0 radical (unpaired) electrons. The van der Waals surface area contributed by atoms with Crippen molar-refractivity contribution in [2.24, 2.45) is 0 Å². The molecule has 3 nitrogen and oxygen atoms in total. The van der Waals surface area contributed by atoms with Gasteiger partial charge >= 0.3 is 0 Å². The Morgan fingerprint density at radius 2 is 2.11 bits per heavy atom. The van der Waals surface area contributed by atoms with Gasteiger partial charge in [-0.15, -0.1) is 0 Å². The SMILES string of the molecule is CC(=O)Cc1cnc(-c2ccnc(F)c2)c(C)c1. The number of carbonyl (C=O) groups is 1. The molecule has 2 aromatic rings. The zero-order chi connectivity index (χ0) is 13.1. The van der Waals surface area contributed by atoms with Crippen LogP contribution in [0, 0.1) is 12.9 Å².